The van der Waals surface area contributed by atoms with Gasteiger partial charge in [0.05, 0.1) is 11.0 Å². The molecule has 2 fully saturated rings. The van der Waals surface area contributed by atoms with Gasteiger partial charge in [0.1, 0.15) is 11.6 Å². The molecule has 3 heterocycles. The van der Waals surface area contributed by atoms with E-state index in [-0.39, 0.29) is 24.1 Å². The van der Waals surface area contributed by atoms with Crippen LogP contribution in [0.25, 0.3) is 11.0 Å². The van der Waals surface area contributed by atoms with Gasteiger partial charge in [-0.05, 0) is 77.2 Å². The van der Waals surface area contributed by atoms with Gasteiger partial charge >= 0.3 is 11.8 Å². The molecule has 1 aromatic carbocycles. The lowest BCUT2D eigenvalue weighted by Crippen LogP contribution is -2.44. The van der Waals surface area contributed by atoms with Crippen molar-refractivity contribution in [1.29, 1.82) is 0 Å². The number of ether oxygens (including phenoxy) is 1. The standard InChI is InChI=1S/C29H39N5O5/c1-29(2,3)39-28(38)31(4)19-21-13-16-33(17-14-21)15-7-6-8-20-9-10-22-24(18-20)32(5)27(37)34(22)23-11-12-25(35)30-26(23)36/h9-10,18,21,23H,7,11-17,19H2,1-5H3,(H,30,35,36). The van der Waals surface area contributed by atoms with Crippen molar-refractivity contribution >= 4 is 28.9 Å². The average molecular weight is 538 g/mol. The van der Waals surface area contributed by atoms with Gasteiger partial charge in [-0.25, -0.2) is 9.59 Å². The van der Waals surface area contributed by atoms with Crippen LogP contribution in [0.1, 0.15) is 64.5 Å². The molecule has 0 bridgehead atoms. The van der Waals surface area contributed by atoms with E-state index in [0.29, 0.717) is 29.9 Å². The molecule has 0 spiro atoms. The zero-order valence-corrected chi connectivity index (χ0v) is 23.6. The third kappa shape index (κ3) is 6.90. The number of hydrogen-bond donors (Lipinski definition) is 1. The average Bonchev–Trinajstić information content (AvgIpc) is 3.11. The van der Waals surface area contributed by atoms with E-state index in [4.69, 9.17) is 4.74 Å². The molecule has 0 saturated carbocycles. The molecule has 1 aromatic heterocycles. The van der Waals surface area contributed by atoms with Crippen molar-refractivity contribution in [2.45, 2.75) is 64.5 Å². The second-order valence-electron chi connectivity index (χ2n) is 11.6. The number of benzene rings is 1. The van der Waals surface area contributed by atoms with Crippen LogP contribution in [0.3, 0.4) is 0 Å². The Kier molecular flexibility index (Phi) is 8.50. The van der Waals surface area contributed by atoms with Crippen LogP contribution in [0, 0.1) is 17.8 Å². The van der Waals surface area contributed by atoms with Crippen LogP contribution in [0.4, 0.5) is 4.79 Å². The SMILES string of the molecule is CN(CC1CCN(CCC#Cc2ccc3c(c2)n(C)c(=O)n3C2CCC(=O)NC2=O)CC1)C(=O)OC(C)(C)C. The zero-order chi connectivity index (χ0) is 28.3. The number of carbonyl (C=O) groups excluding carboxylic acids is 3. The Morgan fingerprint density at radius 3 is 2.51 bits per heavy atom. The number of imide groups is 1. The lowest BCUT2D eigenvalue weighted by Gasteiger charge is -2.34. The van der Waals surface area contributed by atoms with Gasteiger partial charge in [0, 0.05) is 45.6 Å². The first-order valence-corrected chi connectivity index (χ1v) is 13.6. The number of likely N-dealkylation sites (tertiary alicyclic amines) is 1. The maximum absolute atomic E-state index is 12.9. The van der Waals surface area contributed by atoms with Crippen LogP contribution in [0.5, 0.6) is 0 Å². The molecule has 1 unspecified atom stereocenters. The molecular formula is C29H39N5O5. The first kappa shape index (κ1) is 28.4. The summed E-state index contributed by atoms with van der Waals surface area (Å²) in [7, 11) is 3.48. The molecule has 2 aliphatic heterocycles. The van der Waals surface area contributed by atoms with Crippen molar-refractivity contribution < 1.29 is 19.1 Å². The first-order valence-electron chi connectivity index (χ1n) is 13.6. The van der Waals surface area contributed by atoms with E-state index in [9.17, 15) is 19.2 Å². The highest BCUT2D eigenvalue weighted by Crippen LogP contribution is 2.24. The minimum Gasteiger partial charge on any atom is -0.444 e. The Morgan fingerprint density at radius 2 is 1.85 bits per heavy atom. The summed E-state index contributed by atoms with van der Waals surface area (Å²) in [5.74, 6) is 6.18. The van der Waals surface area contributed by atoms with Crippen LogP contribution in [0.15, 0.2) is 23.0 Å². The molecular weight excluding hydrogens is 498 g/mol. The van der Waals surface area contributed by atoms with E-state index in [0.717, 1.165) is 44.5 Å². The first-order chi connectivity index (χ1) is 18.4. The van der Waals surface area contributed by atoms with Gasteiger partial charge in [-0.15, -0.1) is 0 Å². The number of nitrogens with zero attached hydrogens (tertiary/aromatic N) is 4. The van der Waals surface area contributed by atoms with E-state index in [1.807, 2.05) is 39.0 Å². The summed E-state index contributed by atoms with van der Waals surface area (Å²) in [6.45, 7) is 9.18. The number of rotatable bonds is 5. The normalized spacial score (nSPS) is 18.9. The highest BCUT2D eigenvalue weighted by molar-refractivity contribution is 6.00. The fourth-order valence-corrected chi connectivity index (χ4v) is 5.24. The molecule has 2 aliphatic rings. The lowest BCUT2D eigenvalue weighted by molar-refractivity contribution is -0.135. The molecule has 1 atom stereocenters. The lowest BCUT2D eigenvalue weighted by atomic mass is 9.96. The van der Waals surface area contributed by atoms with Crippen LogP contribution in [0.2, 0.25) is 0 Å². The molecule has 10 nitrogen and oxygen atoms in total. The summed E-state index contributed by atoms with van der Waals surface area (Å²) in [6, 6.07) is 4.87. The van der Waals surface area contributed by atoms with Crippen molar-refractivity contribution in [1.82, 2.24) is 24.3 Å². The van der Waals surface area contributed by atoms with E-state index >= 15 is 0 Å². The van der Waals surface area contributed by atoms with Gasteiger partial charge in [-0.1, -0.05) is 11.8 Å². The number of piperidine rings is 2. The minimum atomic E-state index is -0.697. The number of aromatic nitrogens is 2. The Bertz CT molecular complexity index is 1360. The zero-order valence-electron chi connectivity index (χ0n) is 23.6. The van der Waals surface area contributed by atoms with Gasteiger partial charge in [0.2, 0.25) is 11.8 Å². The summed E-state index contributed by atoms with van der Waals surface area (Å²) in [6.07, 6.45) is 3.06. The second-order valence-corrected chi connectivity index (χ2v) is 11.6. The van der Waals surface area contributed by atoms with Gasteiger partial charge in [-0.2, -0.15) is 0 Å². The van der Waals surface area contributed by atoms with E-state index in [1.54, 1.807) is 19.0 Å². The summed E-state index contributed by atoms with van der Waals surface area (Å²) in [5, 5.41) is 2.33. The monoisotopic (exact) mass is 537 g/mol. The summed E-state index contributed by atoms with van der Waals surface area (Å²) >= 11 is 0. The van der Waals surface area contributed by atoms with Crippen molar-refractivity contribution in [3.63, 3.8) is 0 Å². The highest BCUT2D eigenvalue weighted by atomic mass is 16.6. The summed E-state index contributed by atoms with van der Waals surface area (Å²) in [5.41, 5.74) is 1.39. The molecule has 39 heavy (non-hydrogen) atoms. The third-order valence-corrected chi connectivity index (χ3v) is 7.34. The van der Waals surface area contributed by atoms with E-state index in [2.05, 4.69) is 22.1 Å². The number of carbonyl (C=O) groups is 3. The van der Waals surface area contributed by atoms with Crippen LogP contribution < -0.4 is 11.0 Å². The molecule has 10 heteroatoms. The molecule has 0 aliphatic carbocycles. The minimum absolute atomic E-state index is 0.212. The van der Waals surface area contributed by atoms with Crippen molar-refractivity contribution in [3.05, 3.63) is 34.2 Å². The number of imidazole rings is 1. The largest absolute Gasteiger partial charge is 0.444 e. The fraction of sp³-hybridized carbons (Fsp3) is 0.586. The Balaban J connectivity index is 1.30. The highest BCUT2D eigenvalue weighted by Gasteiger charge is 2.31. The smallest absolute Gasteiger partial charge is 0.410 e. The molecule has 2 saturated heterocycles. The number of amides is 3. The topological polar surface area (TPSA) is 106 Å². The van der Waals surface area contributed by atoms with Crippen molar-refractivity contribution in [2.24, 2.45) is 13.0 Å². The predicted octanol–water partition coefficient (Wildman–Crippen LogP) is 2.64. The van der Waals surface area contributed by atoms with Gasteiger partial charge in [-0.3, -0.25) is 24.0 Å². The fourth-order valence-electron chi connectivity index (χ4n) is 5.24. The number of fused-ring (bicyclic) bond motifs is 1. The summed E-state index contributed by atoms with van der Waals surface area (Å²) < 4.78 is 8.45. The molecule has 3 amide bonds. The second kappa shape index (κ2) is 11.7. The maximum atomic E-state index is 12.9. The molecule has 210 valence electrons. The van der Waals surface area contributed by atoms with Crippen molar-refractivity contribution in [2.75, 3.05) is 33.2 Å². The Labute approximate surface area is 229 Å². The number of nitrogens with one attached hydrogen (secondary N) is 1. The quantitative estimate of drug-likeness (QED) is 0.464. The molecule has 1 N–H and O–H groups in total. The van der Waals surface area contributed by atoms with Crippen LogP contribution in [-0.2, 0) is 21.4 Å². The van der Waals surface area contributed by atoms with Crippen molar-refractivity contribution in [3.8, 4) is 11.8 Å². The Morgan fingerprint density at radius 1 is 1.13 bits per heavy atom. The molecule has 4 rings (SSSR count). The third-order valence-electron chi connectivity index (χ3n) is 7.34. The van der Waals surface area contributed by atoms with Gasteiger partial charge < -0.3 is 14.5 Å². The van der Waals surface area contributed by atoms with Gasteiger partial charge in [0.15, 0.2) is 0 Å². The predicted molar refractivity (Wildman–Crippen MR) is 148 cm³/mol. The van der Waals surface area contributed by atoms with Crippen LogP contribution in [-0.4, -0.2) is 75.7 Å². The number of hydrogen-bond acceptors (Lipinski definition) is 6. The van der Waals surface area contributed by atoms with E-state index in [1.165, 1.54) is 9.13 Å². The number of aryl methyl sites for hydroxylation is 1. The van der Waals surface area contributed by atoms with Gasteiger partial charge in [0.25, 0.3) is 0 Å². The summed E-state index contributed by atoms with van der Waals surface area (Å²) in [4.78, 5) is 53.1. The molecule has 0 radical (unpaired) electrons. The van der Waals surface area contributed by atoms with E-state index < -0.39 is 17.6 Å². The molecule has 2 aromatic rings. The Hall–Kier alpha value is -3.58. The van der Waals surface area contributed by atoms with Crippen LogP contribution >= 0.6 is 0 Å². The maximum Gasteiger partial charge on any atom is 0.410 e.